The lowest BCUT2D eigenvalue weighted by molar-refractivity contribution is 0.461. The van der Waals surface area contributed by atoms with Gasteiger partial charge >= 0.3 is 0 Å². The Labute approximate surface area is 96.9 Å². The van der Waals surface area contributed by atoms with Crippen LogP contribution in [0.4, 0.5) is 0 Å². The van der Waals surface area contributed by atoms with Gasteiger partial charge < -0.3 is 5.32 Å². The Balaban J connectivity index is 1.75. The minimum Gasteiger partial charge on any atom is -0.315 e. The molecule has 1 aliphatic heterocycles. The summed E-state index contributed by atoms with van der Waals surface area (Å²) in [5, 5.41) is 11.7. The Hall–Kier alpha value is -0.600. The molecule has 4 nitrogen and oxygen atoms in total. The summed E-state index contributed by atoms with van der Waals surface area (Å²) >= 11 is 0. The summed E-state index contributed by atoms with van der Waals surface area (Å²) in [6.07, 6.45) is 4.39. The van der Waals surface area contributed by atoms with Gasteiger partial charge in [0.15, 0.2) is 9.84 Å². The molecule has 0 aromatic heterocycles. The van der Waals surface area contributed by atoms with Crippen molar-refractivity contribution in [2.75, 3.05) is 18.8 Å². The average Bonchev–Trinajstić information content (AvgIpc) is 2.88. The van der Waals surface area contributed by atoms with Gasteiger partial charge in [0, 0.05) is 19.5 Å². The monoisotopic (exact) mass is 242 g/mol. The Morgan fingerprint density at radius 3 is 2.69 bits per heavy atom. The van der Waals surface area contributed by atoms with Crippen molar-refractivity contribution in [3.8, 4) is 6.07 Å². The molecule has 5 heteroatoms. The van der Waals surface area contributed by atoms with E-state index in [1.54, 1.807) is 0 Å². The molecular weight excluding hydrogens is 224 g/mol. The molecule has 0 amide bonds. The molecule has 0 aromatic rings. The molecule has 2 rings (SSSR count). The van der Waals surface area contributed by atoms with Gasteiger partial charge in [-0.3, -0.25) is 0 Å². The molecule has 1 heterocycles. The number of rotatable bonds is 5. The van der Waals surface area contributed by atoms with Gasteiger partial charge in [-0.2, -0.15) is 5.26 Å². The summed E-state index contributed by atoms with van der Waals surface area (Å²) in [7, 11) is -2.82. The van der Waals surface area contributed by atoms with Crippen LogP contribution in [0.25, 0.3) is 0 Å². The van der Waals surface area contributed by atoms with E-state index < -0.39 is 9.84 Å². The Bertz CT molecular complexity index is 393. The Morgan fingerprint density at radius 2 is 2.19 bits per heavy atom. The van der Waals surface area contributed by atoms with Crippen LogP contribution < -0.4 is 5.32 Å². The van der Waals surface area contributed by atoms with E-state index >= 15 is 0 Å². The largest absolute Gasteiger partial charge is 0.315 e. The first-order valence-electron chi connectivity index (χ1n) is 5.87. The van der Waals surface area contributed by atoms with Crippen molar-refractivity contribution in [3.63, 3.8) is 0 Å². The van der Waals surface area contributed by atoms with E-state index in [9.17, 15) is 8.42 Å². The lowest BCUT2D eigenvalue weighted by Crippen LogP contribution is -2.34. The molecule has 0 bridgehead atoms. The van der Waals surface area contributed by atoms with Crippen molar-refractivity contribution >= 4 is 9.84 Å². The molecule has 1 saturated heterocycles. The quantitative estimate of drug-likeness (QED) is 0.776. The molecule has 1 atom stereocenters. The molecule has 2 aliphatic rings. The highest BCUT2D eigenvalue weighted by Crippen LogP contribution is 2.47. The third-order valence-electron chi connectivity index (χ3n) is 3.75. The highest BCUT2D eigenvalue weighted by Gasteiger charge is 2.42. The van der Waals surface area contributed by atoms with E-state index in [2.05, 4.69) is 11.4 Å². The zero-order valence-corrected chi connectivity index (χ0v) is 10.2. The summed E-state index contributed by atoms with van der Waals surface area (Å²) in [6, 6.07) is 2.21. The Kier molecular flexibility index (Phi) is 3.22. The fraction of sp³-hybridized carbons (Fsp3) is 0.909. The molecule has 2 fully saturated rings. The molecular formula is C11H18N2O2S. The molecule has 1 saturated carbocycles. The van der Waals surface area contributed by atoms with Crippen LogP contribution >= 0.6 is 0 Å². The average molecular weight is 242 g/mol. The second-order valence-electron chi connectivity index (χ2n) is 5.10. The number of hydrogen-bond acceptors (Lipinski definition) is 4. The van der Waals surface area contributed by atoms with Crippen LogP contribution in [-0.2, 0) is 9.84 Å². The summed E-state index contributed by atoms with van der Waals surface area (Å²) in [6.45, 7) is 1.36. The van der Waals surface area contributed by atoms with Gasteiger partial charge in [0.1, 0.15) is 0 Å². The molecule has 1 unspecified atom stereocenters. The summed E-state index contributed by atoms with van der Waals surface area (Å²) in [5.74, 6) is 0.350. The van der Waals surface area contributed by atoms with Crippen LogP contribution in [0.2, 0.25) is 0 Å². The van der Waals surface area contributed by atoms with Crippen LogP contribution in [0.1, 0.15) is 32.1 Å². The van der Waals surface area contributed by atoms with Crippen molar-refractivity contribution < 1.29 is 8.42 Å². The molecule has 0 aromatic carbocycles. The van der Waals surface area contributed by atoms with E-state index in [4.69, 9.17) is 5.26 Å². The van der Waals surface area contributed by atoms with E-state index in [0.717, 1.165) is 32.2 Å². The molecule has 1 aliphatic carbocycles. The molecule has 1 N–H and O–H groups in total. The molecule has 16 heavy (non-hydrogen) atoms. The number of sulfone groups is 1. The van der Waals surface area contributed by atoms with Crippen molar-refractivity contribution in [2.45, 2.75) is 37.4 Å². The van der Waals surface area contributed by atoms with E-state index in [0.29, 0.717) is 18.7 Å². The van der Waals surface area contributed by atoms with Gasteiger partial charge in [0.05, 0.1) is 17.1 Å². The fourth-order valence-corrected chi connectivity index (χ4v) is 4.15. The highest BCUT2D eigenvalue weighted by atomic mass is 32.2. The van der Waals surface area contributed by atoms with Crippen LogP contribution in [0, 0.1) is 16.7 Å². The van der Waals surface area contributed by atoms with E-state index in [-0.39, 0.29) is 10.7 Å². The predicted octanol–water partition coefficient (Wildman–Crippen LogP) is 0.847. The normalized spacial score (nSPS) is 29.8. The van der Waals surface area contributed by atoms with Crippen molar-refractivity contribution in [2.24, 2.45) is 5.41 Å². The first kappa shape index (κ1) is 11.9. The van der Waals surface area contributed by atoms with Crippen LogP contribution in [0.5, 0.6) is 0 Å². The van der Waals surface area contributed by atoms with Gasteiger partial charge in [-0.15, -0.1) is 0 Å². The zero-order chi connectivity index (χ0) is 11.6. The number of hydrogen-bond donors (Lipinski definition) is 1. The third kappa shape index (κ3) is 2.55. The second kappa shape index (κ2) is 4.34. The lowest BCUT2D eigenvalue weighted by atomic mass is 10.0. The highest BCUT2D eigenvalue weighted by molar-refractivity contribution is 7.92. The number of nitrogens with zero attached hydrogens (tertiary/aromatic N) is 1. The maximum absolute atomic E-state index is 11.6. The zero-order valence-electron chi connectivity index (χ0n) is 9.41. The predicted molar refractivity (Wildman–Crippen MR) is 61.6 cm³/mol. The van der Waals surface area contributed by atoms with Gasteiger partial charge in [0.25, 0.3) is 0 Å². The first-order valence-corrected chi connectivity index (χ1v) is 7.59. The van der Waals surface area contributed by atoms with Crippen molar-refractivity contribution in [1.82, 2.24) is 5.32 Å². The standard InChI is InChI=1S/C11H18N2O2S/c12-6-5-11(3-4-11)9-13-8-10-2-1-7-16(10,14)15/h10,13H,1-5,7-9H2. The minimum atomic E-state index is -2.82. The van der Waals surface area contributed by atoms with Crippen LogP contribution in [0.3, 0.4) is 0 Å². The van der Waals surface area contributed by atoms with Gasteiger partial charge in [-0.25, -0.2) is 8.42 Å². The first-order chi connectivity index (χ1) is 7.58. The van der Waals surface area contributed by atoms with Gasteiger partial charge in [-0.05, 0) is 31.1 Å². The number of nitrogens with one attached hydrogen (secondary N) is 1. The SMILES string of the molecule is N#CCC1(CNCC2CCCS2(=O)=O)CC1. The van der Waals surface area contributed by atoms with Gasteiger partial charge in [-0.1, -0.05) is 0 Å². The third-order valence-corrected chi connectivity index (χ3v) is 6.02. The van der Waals surface area contributed by atoms with Crippen LogP contribution in [0.15, 0.2) is 0 Å². The summed E-state index contributed by atoms with van der Waals surface area (Å²) in [5.41, 5.74) is 0.164. The molecule has 90 valence electrons. The second-order valence-corrected chi connectivity index (χ2v) is 7.50. The fourth-order valence-electron chi connectivity index (χ4n) is 2.35. The molecule has 0 radical (unpaired) electrons. The maximum Gasteiger partial charge on any atom is 0.154 e. The van der Waals surface area contributed by atoms with E-state index in [1.165, 1.54) is 0 Å². The lowest BCUT2D eigenvalue weighted by Gasteiger charge is -2.15. The van der Waals surface area contributed by atoms with Crippen LogP contribution in [-0.4, -0.2) is 32.5 Å². The summed E-state index contributed by atoms with van der Waals surface area (Å²) < 4.78 is 23.1. The summed E-state index contributed by atoms with van der Waals surface area (Å²) in [4.78, 5) is 0. The van der Waals surface area contributed by atoms with Crippen molar-refractivity contribution in [3.05, 3.63) is 0 Å². The smallest absolute Gasteiger partial charge is 0.154 e. The van der Waals surface area contributed by atoms with E-state index in [1.807, 2.05) is 0 Å². The number of nitriles is 1. The Morgan fingerprint density at radius 1 is 1.44 bits per heavy atom. The van der Waals surface area contributed by atoms with Gasteiger partial charge in [0.2, 0.25) is 0 Å². The minimum absolute atomic E-state index is 0.164. The molecule has 0 spiro atoms. The topological polar surface area (TPSA) is 70.0 Å². The maximum atomic E-state index is 11.6. The van der Waals surface area contributed by atoms with Crippen molar-refractivity contribution in [1.29, 1.82) is 5.26 Å².